The Kier molecular flexibility index (Phi) is 5.57. The molecule has 0 amide bonds. The molecular formula is C26H30FN5O2. The van der Waals surface area contributed by atoms with Gasteiger partial charge in [0.2, 0.25) is 0 Å². The summed E-state index contributed by atoms with van der Waals surface area (Å²) in [6, 6.07) is 6.09. The van der Waals surface area contributed by atoms with Crippen molar-refractivity contribution < 1.29 is 13.9 Å². The van der Waals surface area contributed by atoms with Crippen LogP contribution in [0, 0.1) is 18.7 Å². The van der Waals surface area contributed by atoms with Crippen LogP contribution in [0.3, 0.4) is 0 Å². The van der Waals surface area contributed by atoms with E-state index < -0.39 is 0 Å². The van der Waals surface area contributed by atoms with Crippen LogP contribution in [0.5, 0.6) is 6.01 Å². The Morgan fingerprint density at radius 2 is 2.03 bits per heavy atom. The number of nitrogens with zero attached hydrogens (tertiary/aromatic N) is 5. The Bertz CT molecular complexity index is 1260. The normalized spacial score (nSPS) is 24.4. The topological polar surface area (TPSA) is 65.3 Å². The average molecular weight is 464 g/mol. The minimum absolute atomic E-state index is 0.173. The van der Waals surface area contributed by atoms with Crippen molar-refractivity contribution >= 4 is 16.7 Å². The van der Waals surface area contributed by atoms with Crippen molar-refractivity contribution in [3.8, 4) is 6.01 Å². The van der Waals surface area contributed by atoms with E-state index >= 15 is 4.39 Å². The summed E-state index contributed by atoms with van der Waals surface area (Å²) in [7, 11) is 1.55. The van der Waals surface area contributed by atoms with Gasteiger partial charge in [0, 0.05) is 17.7 Å². The molecule has 7 nitrogen and oxygen atoms in total. The van der Waals surface area contributed by atoms with Crippen molar-refractivity contribution in [2.24, 2.45) is 5.92 Å². The van der Waals surface area contributed by atoms with Gasteiger partial charge in [-0.25, -0.2) is 9.37 Å². The summed E-state index contributed by atoms with van der Waals surface area (Å²) in [5, 5.41) is 0. The largest absolute Gasteiger partial charge is 0.467 e. The third-order valence-corrected chi connectivity index (χ3v) is 7.62. The van der Waals surface area contributed by atoms with Crippen molar-refractivity contribution in [1.82, 2.24) is 24.4 Å². The molecule has 0 aliphatic carbocycles. The first-order chi connectivity index (χ1) is 16.6. The summed E-state index contributed by atoms with van der Waals surface area (Å²) >= 11 is 0. The number of methoxy groups -OCH3 is 1. The first kappa shape index (κ1) is 21.7. The fraction of sp³-hybridized carbons (Fsp3) is 0.500. The zero-order valence-corrected chi connectivity index (χ0v) is 19.8. The summed E-state index contributed by atoms with van der Waals surface area (Å²) in [5.41, 5.74) is 4.82. The van der Waals surface area contributed by atoms with Crippen LogP contribution in [0.1, 0.15) is 47.8 Å². The number of hydrogen-bond donors (Lipinski definition) is 0. The Hall–Kier alpha value is -2.84. The van der Waals surface area contributed by atoms with Gasteiger partial charge < -0.3 is 18.9 Å². The maximum atomic E-state index is 15.5. The molecule has 178 valence electrons. The molecule has 0 N–H and O–H groups in total. The molecule has 0 spiro atoms. The maximum absolute atomic E-state index is 15.5. The molecule has 34 heavy (non-hydrogen) atoms. The van der Waals surface area contributed by atoms with Gasteiger partial charge in [-0.3, -0.25) is 0 Å². The van der Waals surface area contributed by atoms with Crippen LogP contribution in [0.15, 0.2) is 24.3 Å². The van der Waals surface area contributed by atoms with Crippen LogP contribution >= 0.6 is 0 Å². The van der Waals surface area contributed by atoms with E-state index in [0.717, 1.165) is 35.6 Å². The Morgan fingerprint density at radius 1 is 1.18 bits per heavy atom. The highest BCUT2D eigenvalue weighted by atomic mass is 19.1. The van der Waals surface area contributed by atoms with Crippen molar-refractivity contribution in [2.45, 2.75) is 38.6 Å². The van der Waals surface area contributed by atoms with Crippen LogP contribution in [0.2, 0.25) is 0 Å². The molecule has 4 aliphatic heterocycles. The second kappa shape index (κ2) is 8.74. The minimum atomic E-state index is -0.173. The van der Waals surface area contributed by atoms with Gasteiger partial charge in [-0.05, 0) is 62.7 Å². The second-order valence-corrected chi connectivity index (χ2v) is 9.66. The third-order valence-electron chi connectivity index (χ3n) is 7.62. The Labute approximate surface area is 198 Å². The maximum Gasteiger partial charge on any atom is 0.318 e. The van der Waals surface area contributed by atoms with E-state index in [2.05, 4.69) is 27.0 Å². The average Bonchev–Trinajstić information content (AvgIpc) is 3.25. The first-order valence-electron chi connectivity index (χ1n) is 12.2. The number of ether oxygens (including phenoxy) is 2. The molecule has 3 fully saturated rings. The summed E-state index contributed by atoms with van der Waals surface area (Å²) in [6.45, 7) is 6.81. The Morgan fingerprint density at radius 3 is 2.71 bits per heavy atom. The fourth-order valence-electron chi connectivity index (χ4n) is 5.75. The lowest BCUT2D eigenvalue weighted by Crippen LogP contribution is -2.46. The number of benzene rings is 1. The number of aromatic nitrogens is 4. The highest BCUT2D eigenvalue weighted by Gasteiger charge is 2.35. The van der Waals surface area contributed by atoms with Crippen LogP contribution in [0.4, 0.5) is 4.39 Å². The lowest BCUT2D eigenvalue weighted by atomic mass is 9.75. The zero-order valence-electron chi connectivity index (χ0n) is 19.8. The van der Waals surface area contributed by atoms with Gasteiger partial charge in [-0.1, -0.05) is 18.2 Å². The molecule has 1 unspecified atom stereocenters. The SMILES string of the molecule is COc1nc(C)c2nc(C3=CCCOC3)n(Cc3ccc(C4CN5CCC4CC5)cc3F)c2n1. The van der Waals surface area contributed by atoms with E-state index in [1.54, 1.807) is 13.2 Å². The minimum Gasteiger partial charge on any atom is -0.467 e. The molecule has 6 heterocycles. The van der Waals surface area contributed by atoms with E-state index in [1.165, 1.54) is 25.9 Å². The van der Waals surface area contributed by atoms with Gasteiger partial charge in [0.1, 0.15) is 17.2 Å². The number of aryl methyl sites for hydroxylation is 1. The molecule has 3 aromatic rings. The summed E-state index contributed by atoms with van der Waals surface area (Å²) < 4.78 is 28.5. The predicted octanol–water partition coefficient (Wildman–Crippen LogP) is 3.94. The lowest BCUT2D eigenvalue weighted by molar-refractivity contribution is 0.0870. The quantitative estimate of drug-likeness (QED) is 0.571. The summed E-state index contributed by atoms with van der Waals surface area (Å²) in [6.07, 6.45) is 5.41. The Balaban J connectivity index is 1.39. The zero-order chi connectivity index (χ0) is 23.2. The van der Waals surface area contributed by atoms with Crippen LogP contribution in [-0.4, -0.2) is 64.4 Å². The molecule has 3 saturated heterocycles. The van der Waals surface area contributed by atoms with Crippen molar-refractivity contribution in [3.63, 3.8) is 0 Å². The molecule has 8 heteroatoms. The van der Waals surface area contributed by atoms with Gasteiger partial charge in [0.15, 0.2) is 5.65 Å². The number of rotatable bonds is 5. The molecule has 0 radical (unpaired) electrons. The number of fused-ring (bicyclic) bond motifs is 4. The van der Waals surface area contributed by atoms with Gasteiger partial charge in [0.05, 0.1) is 32.6 Å². The van der Waals surface area contributed by atoms with Gasteiger partial charge in [-0.15, -0.1) is 0 Å². The molecule has 1 atom stereocenters. The van der Waals surface area contributed by atoms with E-state index in [1.807, 2.05) is 17.6 Å². The van der Waals surface area contributed by atoms with Gasteiger partial charge in [0.25, 0.3) is 0 Å². The van der Waals surface area contributed by atoms with Gasteiger partial charge in [-0.2, -0.15) is 9.97 Å². The van der Waals surface area contributed by atoms with Crippen LogP contribution in [-0.2, 0) is 11.3 Å². The van der Waals surface area contributed by atoms with Crippen molar-refractivity contribution in [2.75, 3.05) is 40.0 Å². The second-order valence-electron chi connectivity index (χ2n) is 9.66. The highest BCUT2D eigenvalue weighted by molar-refractivity contribution is 5.79. The van der Waals surface area contributed by atoms with Gasteiger partial charge >= 0.3 is 6.01 Å². The van der Waals surface area contributed by atoms with E-state index in [9.17, 15) is 0 Å². The van der Waals surface area contributed by atoms with E-state index in [0.29, 0.717) is 48.3 Å². The van der Waals surface area contributed by atoms with E-state index in [-0.39, 0.29) is 11.8 Å². The van der Waals surface area contributed by atoms with Crippen molar-refractivity contribution in [3.05, 3.63) is 52.7 Å². The molecule has 7 rings (SSSR count). The number of imidazole rings is 1. The van der Waals surface area contributed by atoms with E-state index in [4.69, 9.17) is 14.5 Å². The molecule has 4 aliphatic rings. The van der Waals surface area contributed by atoms with Crippen LogP contribution in [0.25, 0.3) is 16.7 Å². The molecular weight excluding hydrogens is 433 g/mol. The lowest BCUT2D eigenvalue weighted by Gasteiger charge is -2.45. The monoisotopic (exact) mass is 463 g/mol. The van der Waals surface area contributed by atoms with Crippen molar-refractivity contribution in [1.29, 1.82) is 0 Å². The predicted molar refractivity (Wildman–Crippen MR) is 127 cm³/mol. The third kappa shape index (κ3) is 3.79. The number of piperidine rings is 3. The number of hydrogen-bond acceptors (Lipinski definition) is 6. The summed E-state index contributed by atoms with van der Waals surface area (Å²) in [4.78, 5) is 16.3. The molecule has 2 aromatic heterocycles. The summed E-state index contributed by atoms with van der Waals surface area (Å²) in [5.74, 6) is 1.68. The number of halogens is 1. The van der Waals surface area contributed by atoms with Crippen LogP contribution < -0.4 is 4.74 Å². The molecule has 2 bridgehead atoms. The molecule has 0 saturated carbocycles. The molecule has 1 aromatic carbocycles. The standard InChI is InChI=1S/C26H30FN5O2/c1-16-23-25(30-26(28-16)33-2)32(24(29-23)20-4-3-11-34-15-20)13-19-6-5-18(12-22(19)27)21-14-31-9-7-17(21)8-10-31/h4-6,12,17,21H,3,7-11,13-15H2,1-2H3. The highest BCUT2D eigenvalue weighted by Crippen LogP contribution is 2.39. The fourth-order valence-corrected chi connectivity index (χ4v) is 5.75. The smallest absolute Gasteiger partial charge is 0.318 e. The first-order valence-corrected chi connectivity index (χ1v) is 12.2.